The van der Waals surface area contributed by atoms with Gasteiger partial charge in [-0.1, -0.05) is 23.7 Å². The molecule has 1 heterocycles. The van der Waals surface area contributed by atoms with E-state index in [2.05, 4.69) is 16.0 Å². The van der Waals surface area contributed by atoms with E-state index in [1.165, 1.54) is 0 Å². The van der Waals surface area contributed by atoms with Crippen molar-refractivity contribution < 1.29 is 14.0 Å². The normalized spacial score (nSPS) is 10.2. The molecule has 0 bridgehead atoms. The van der Waals surface area contributed by atoms with Gasteiger partial charge in [0.2, 0.25) is 0 Å². The van der Waals surface area contributed by atoms with Crippen LogP contribution in [0.3, 0.4) is 0 Å². The first-order chi connectivity index (χ1) is 12.6. The number of nitrogens with one attached hydrogen (secondary N) is 3. The van der Waals surface area contributed by atoms with Crippen molar-refractivity contribution in [2.45, 2.75) is 6.54 Å². The number of benzene rings is 2. The molecule has 3 amide bonds. The third-order valence-electron chi connectivity index (χ3n) is 3.52. The molecule has 26 heavy (non-hydrogen) atoms. The van der Waals surface area contributed by atoms with Gasteiger partial charge in [-0.2, -0.15) is 0 Å². The first-order valence-corrected chi connectivity index (χ1v) is 8.23. The Kier molecular flexibility index (Phi) is 5.56. The maximum absolute atomic E-state index is 12.2. The molecule has 0 aliphatic rings. The molecule has 7 heteroatoms. The number of carbonyl (C=O) groups is 2. The SMILES string of the molecule is O=C(NCc1ccco1)Nc1ccc(NC(=O)c2ccccc2Cl)cc1. The van der Waals surface area contributed by atoms with Gasteiger partial charge in [0.15, 0.2) is 0 Å². The Balaban J connectivity index is 1.54. The Morgan fingerprint density at radius 2 is 1.58 bits per heavy atom. The molecule has 0 unspecified atom stereocenters. The highest BCUT2D eigenvalue weighted by molar-refractivity contribution is 6.34. The van der Waals surface area contributed by atoms with E-state index in [0.29, 0.717) is 34.3 Å². The van der Waals surface area contributed by atoms with Gasteiger partial charge >= 0.3 is 6.03 Å². The lowest BCUT2D eigenvalue weighted by atomic mass is 10.2. The van der Waals surface area contributed by atoms with Crippen LogP contribution >= 0.6 is 11.6 Å². The fraction of sp³-hybridized carbons (Fsp3) is 0.0526. The largest absolute Gasteiger partial charge is 0.467 e. The van der Waals surface area contributed by atoms with E-state index >= 15 is 0 Å². The minimum atomic E-state index is -0.353. The summed E-state index contributed by atoms with van der Waals surface area (Å²) in [5.41, 5.74) is 1.59. The monoisotopic (exact) mass is 369 g/mol. The number of rotatable bonds is 5. The van der Waals surface area contributed by atoms with Crippen molar-refractivity contribution in [1.82, 2.24) is 5.32 Å². The van der Waals surface area contributed by atoms with Crippen molar-refractivity contribution in [3.05, 3.63) is 83.3 Å². The number of hydrogen-bond donors (Lipinski definition) is 3. The molecule has 2 aromatic carbocycles. The Morgan fingerprint density at radius 3 is 2.23 bits per heavy atom. The smallest absolute Gasteiger partial charge is 0.319 e. The average molecular weight is 370 g/mol. The zero-order valence-corrected chi connectivity index (χ0v) is 14.4. The topological polar surface area (TPSA) is 83.4 Å². The van der Waals surface area contributed by atoms with Crippen molar-refractivity contribution in [2.24, 2.45) is 0 Å². The summed E-state index contributed by atoms with van der Waals surface area (Å²) in [6.45, 7) is 0.296. The molecule has 0 fully saturated rings. The molecule has 3 N–H and O–H groups in total. The third kappa shape index (κ3) is 4.64. The number of anilines is 2. The molecule has 0 atom stereocenters. The van der Waals surface area contributed by atoms with Crippen molar-refractivity contribution in [2.75, 3.05) is 10.6 Å². The molecule has 1 aromatic heterocycles. The lowest BCUT2D eigenvalue weighted by molar-refractivity contribution is 0.102. The summed E-state index contributed by atoms with van der Waals surface area (Å²) in [7, 11) is 0. The van der Waals surface area contributed by atoms with Gasteiger partial charge < -0.3 is 20.4 Å². The maximum Gasteiger partial charge on any atom is 0.319 e. The van der Waals surface area contributed by atoms with Crippen molar-refractivity contribution in [3.8, 4) is 0 Å². The molecule has 3 aromatic rings. The van der Waals surface area contributed by atoms with Gasteiger partial charge in [0.05, 0.1) is 23.4 Å². The minimum Gasteiger partial charge on any atom is -0.467 e. The van der Waals surface area contributed by atoms with Crippen LogP contribution in [0.5, 0.6) is 0 Å². The molecule has 6 nitrogen and oxygen atoms in total. The van der Waals surface area contributed by atoms with Gasteiger partial charge in [-0.15, -0.1) is 0 Å². The predicted molar refractivity (Wildman–Crippen MR) is 100 cm³/mol. The van der Waals surface area contributed by atoms with E-state index in [1.54, 1.807) is 66.9 Å². The van der Waals surface area contributed by atoms with Crippen LogP contribution in [0, 0.1) is 0 Å². The number of halogens is 1. The lowest BCUT2D eigenvalue weighted by Crippen LogP contribution is -2.27. The van der Waals surface area contributed by atoms with Gasteiger partial charge in [-0.05, 0) is 48.5 Å². The quantitative estimate of drug-likeness (QED) is 0.618. The molecule has 0 saturated carbocycles. The Hall–Kier alpha value is -3.25. The van der Waals surface area contributed by atoms with E-state index in [9.17, 15) is 9.59 Å². The number of urea groups is 1. The minimum absolute atomic E-state index is 0.296. The number of furan rings is 1. The summed E-state index contributed by atoms with van der Waals surface area (Å²) in [4.78, 5) is 24.1. The Labute approximate surface area is 155 Å². The summed E-state index contributed by atoms with van der Waals surface area (Å²) in [5.74, 6) is 0.366. The lowest BCUT2D eigenvalue weighted by Gasteiger charge is -2.09. The zero-order chi connectivity index (χ0) is 18.4. The third-order valence-corrected chi connectivity index (χ3v) is 3.85. The maximum atomic E-state index is 12.2. The van der Waals surface area contributed by atoms with E-state index in [4.69, 9.17) is 16.0 Å². The fourth-order valence-corrected chi connectivity index (χ4v) is 2.46. The summed E-state index contributed by atoms with van der Waals surface area (Å²) in [5, 5.41) is 8.52. The van der Waals surface area contributed by atoms with E-state index in [1.807, 2.05) is 0 Å². The van der Waals surface area contributed by atoms with Gasteiger partial charge in [0.1, 0.15) is 5.76 Å². The summed E-state index contributed by atoms with van der Waals surface area (Å²) < 4.78 is 5.14. The molecule has 0 aliphatic heterocycles. The van der Waals surface area contributed by atoms with Crippen LogP contribution < -0.4 is 16.0 Å². The van der Waals surface area contributed by atoms with Crippen LogP contribution in [0.2, 0.25) is 5.02 Å². The molecular formula is C19H16ClN3O3. The highest BCUT2D eigenvalue weighted by Crippen LogP contribution is 2.18. The Morgan fingerprint density at radius 1 is 0.885 bits per heavy atom. The first kappa shape index (κ1) is 17.6. The highest BCUT2D eigenvalue weighted by atomic mass is 35.5. The molecular weight excluding hydrogens is 354 g/mol. The van der Waals surface area contributed by atoms with Gasteiger partial charge in [0.25, 0.3) is 5.91 Å². The standard InChI is InChI=1S/C19H16ClN3O3/c20-17-6-2-1-5-16(17)18(24)22-13-7-9-14(10-8-13)23-19(25)21-12-15-4-3-11-26-15/h1-11H,12H2,(H,22,24)(H2,21,23,25). The molecule has 0 aliphatic carbocycles. The number of amides is 3. The molecule has 3 rings (SSSR count). The van der Waals surface area contributed by atoms with Gasteiger partial charge in [0, 0.05) is 11.4 Å². The van der Waals surface area contributed by atoms with Crippen LogP contribution in [-0.2, 0) is 6.54 Å². The molecule has 0 spiro atoms. The van der Waals surface area contributed by atoms with Crippen molar-refractivity contribution in [3.63, 3.8) is 0 Å². The van der Waals surface area contributed by atoms with E-state index in [0.717, 1.165) is 0 Å². The number of carbonyl (C=O) groups excluding carboxylic acids is 2. The second-order valence-electron chi connectivity index (χ2n) is 5.40. The molecule has 0 saturated heterocycles. The fourth-order valence-electron chi connectivity index (χ4n) is 2.24. The van der Waals surface area contributed by atoms with Gasteiger partial charge in [-0.3, -0.25) is 4.79 Å². The zero-order valence-electron chi connectivity index (χ0n) is 13.7. The van der Waals surface area contributed by atoms with E-state index < -0.39 is 0 Å². The number of hydrogen-bond acceptors (Lipinski definition) is 3. The van der Waals surface area contributed by atoms with Crippen LogP contribution in [0.1, 0.15) is 16.1 Å². The van der Waals surface area contributed by atoms with Crippen molar-refractivity contribution in [1.29, 1.82) is 0 Å². The van der Waals surface area contributed by atoms with Crippen molar-refractivity contribution >= 4 is 34.9 Å². The first-order valence-electron chi connectivity index (χ1n) is 7.85. The van der Waals surface area contributed by atoms with Gasteiger partial charge in [-0.25, -0.2) is 4.79 Å². The Bertz CT molecular complexity index is 893. The predicted octanol–water partition coefficient (Wildman–Crippen LogP) is 4.51. The second kappa shape index (κ2) is 8.22. The van der Waals surface area contributed by atoms with Crippen LogP contribution in [0.15, 0.2) is 71.3 Å². The second-order valence-corrected chi connectivity index (χ2v) is 5.81. The average Bonchev–Trinajstić information content (AvgIpc) is 3.15. The van der Waals surface area contributed by atoms with E-state index in [-0.39, 0.29) is 11.9 Å². The summed E-state index contributed by atoms with van der Waals surface area (Å²) in [6, 6.07) is 16.8. The summed E-state index contributed by atoms with van der Waals surface area (Å²) in [6.07, 6.45) is 1.55. The molecule has 0 radical (unpaired) electrons. The van der Waals surface area contributed by atoms with Crippen LogP contribution in [0.25, 0.3) is 0 Å². The highest BCUT2D eigenvalue weighted by Gasteiger charge is 2.10. The molecule has 132 valence electrons. The summed E-state index contributed by atoms with van der Waals surface area (Å²) >= 11 is 6.01. The van der Waals surface area contributed by atoms with Crippen LogP contribution in [0.4, 0.5) is 16.2 Å². The van der Waals surface area contributed by atoms with Crippen LogP contribution in [-0.4, -0.2) is 11.9 Å².